The fourth-order valence-electron chi connectivity index (χ4n) is 2.05. The third kappa shape index (κ3) is 2.73. The Labute approximate surface area is 96.8 Å². The molecule has 0 bridgehead atoms. The minimum atomic E-state index is 0.755. The molecule has 1 saturated carbocycles. The van der Waals surface area contributed by atoms with Crippen molar-refractivity contribution in [1.82, 2.24) is 5.32 Å². The molecule has 1 aliphatic rings. The van der Waals surface area contributed by atoms with Crippen molar-refractivity contribution in [1.29, 1.82) is 0 Å². The summed E-state index contributed by atoms with van der Waals surface area (Å²) >= 11 is 5.92. The van der Waals surface area contributed by atoms with Crippen LogP contribution in [0.3, 0.4) is 0 Å². The summed E-state index contributed by atoms with van der Waals surface area (Å²) in [5.41, 5.74) is 2.64. The molecule has 2 rings (SSSR count). The molecule has 1 aromatic rings. The van der Waals surface area contributed by atoms with Crippen molar-refractivity contribution in [3.63, 3.8) is 0 Å². The summed E-state index contributed by atoms with van der Waals surface area (Å²) in [6.07, 6.45) is 2.65. The van der Waals surface area contributed by atoms with Gasteiger partial charge < -0.3 is 5.32 Å². The summed E-state index contributed by atoms with van der Waals surface area (Å²) in [5.74, 6) is 0.914. The molecule has 0 aliphatic heterocycles. The maximum atomic E-state index is 5.92. The van der Waals surface area contributed by atoms with Crippen LogP contribution in [0.1, 0.15) is 30.9 Å². The summed E-state index contributed by atoms with van der Waals surface area (Å²) in [4.78, 5) is 0. The lowest BCUT2D eigenvalue weighted by Gasteiger charge is -2.07. The quantitative estimate of drug-likeness (QED) is 0.824. The van der Waals surface area contributed by atoms with Crippen LogP contribution in [-0.4, -0.2) is 6.04 Å². The highest BCUT2D eigenvalue weighted by Gasteiger charge is 2.34. The van der Waals surface area contributed by atoms with Gasteiger partial charge in [-0.05, 0) is 42.5 Å². The molecule has 0 heterocycles. The number of rotatable bonds is 4. The van der Waals surface area contributed by atoms with Crippen LogP contribution in [0, 0.1) is 12.8 Å². The molecule has 0 spiro atoms. The molecule has 0 aromatic heterocycles. The fraction of sp³-hybridized carbons (Fsp3) is 0.538. The molecule has 1 aromatic carbocycles. The Morgan fingerprint density at radius 3 is 2.87 bits per heavy atom. The van der Waals surface area contributed by atoms with Crippen molar-refractivity contribution >= 4 is 11.6 Å². The number of halogens is 1. The normalized spacial score (nSPS) is 24.2. The van der Waals surface area contributed by atoms with E-state index in [-0.39, 0.29) is 0 Å². The van der Waals surface area contributed by atoms with Crippen LogP contribution in [-0.2, 0) is 6.54 Å². The van der Waals surface area contributed by atoms with Crippen LogP contribution in [0.5, 0.6) is 0 Å². The van der Waals surface area contributed by atoms with Crippen molar-refractivity contribution in [2.24, 2.45) is 5.92 Å². The summed E-state index contributed by atoms with van der Waals surface area (Å²) in [6, 6.07) is 6.87. The summed E-state index contributed by atoms with van der Waals surface area (Å²) in [5, 5.41) is 4.42. The molecule has 1 N–H and O–H groups in total. The molecule has 82 valence electrons. The van der Waals surface area contributed by atoms with Crippen LogP contribution < -0.4 is 5.32 Å². The first kappa shape index (κ1) is 11.0. The van der Waals surface area contributed by atoms with Gasteiger partial charge in [0.1, 0.15) is 0 Å². The third-order valence-corrected chi connectivity index (χ3v) is 3.54. The van der Waals surface area contributed by atoms with E-state index in [1.807, 2.05) is 12.1 Å². The molecule has 15 heavy (non-hydrogen) atoms. The second-order valence-electron chi connectivity index (χ2n) is 4.46. The largest absolute Gasteiger partial charge is 0.310 e. The summed E-state index contributed by atoms with van der Waals surface area (Å²) in [7, 11) is 0. The SMILES string of the molecule is CCC1CC1NCc1ccc(Cl)cc1C. The zero-order valence-corrected chi connectivity index (χ0v) is 10.1. The molecule has 2 unspecified atom stereocenters. The maximum Gasteiger partial charge on any atom is 0.0408 e. The Kier molecular flexibility index (Phi) is 3.32. The Balaban J connectivity index is 1.88. The van der Waals surface area contributed by atoms with Gasteiger partial charge in [-0.1, -0.05) is 31.0 Å². The lowest BCUT2D eigenvalue weighted by molar-refractivity contribution is 0.622. The van der Waals surface area contributed by atoms with E-state index in [1.165, 1.54) is 24.0 Å². The topological polar surface area (TPSA) is 12.0 Å². The van der Waals surface area contributed by atoms with Gasteiger partial charge >= 0.3 is 0 Å². The average Bonchev–Trinajstić information content (AvgIpc) is 2.95. The molecular formula is C13H18ClN. The van der Waals surface area contributed by atoms with E-state index in [2.05, 4.69) is 25.2 Å². The van der Waals surface area contributed by atoms with E-state index in [0.717, 1.165) is 23.5 Å². The zero-order chi connectivity index (χ0) is 10.8. The lowest BCUT2D eigenvalue weighted by atomic mass is 10.1. The molecule has 2 heteroatoms. The maximum absolute atomic E-state index is 5.92. The van der Waals surface area contributed by atoms with Crippen molar-refractivity contribution in [2.45, 2.75) is 39.3 Å². The minimum absolute atomic E-state index is 0.755. The standard InChI is InChI=1S/C13H18ClN/c1-3-10-7-13(10)15-8-11-4-5-12(14)6-9(11)2/h4-6,10,13,15H,3,7-8H2,1-2H3. The van der Waals surface area contributed by atoms with Crippen molar-refractivity contribution in [3.05, 3.63) is 34.3 Å². The van der Waals surface area contributed by atoms with Gasteiger partial charge in [0.2, 0.25) is 0 Å². The molecule has 0 saturated heterocycles. The van der Waals surface area contributed by atoms with Crippen LogP contribution in [0.15, 0.2) is 18.2 Å². The molecule has 1 aliphatic carbocycles. The molecule has 1 fully saturated rings. The summed E-state index contributed by atoms with van der Waals surface area (Å²) in [6.45, 7) is 5.36. The average molecular weight is 224 g/mol. The van der Waals surface area contributed by atoms with Gasteiger partial charge in [-0.15, -0.1) is 0 Å². The van der Waals surface area contributed by atoms with E-state index >= 15 is 0 Å². The van der Waals surface area contributed by atoms with Gasteiger partial charge in [0.15, 0.2) is 0 Å². The highest BCUT2D eigenvalue weighted by molar-refractivity contribution is 6.30. The summed E-state index contributed by atoms with van der Waals surface area (Å²) < 4.78 is 0. The van der Waals surface area contributed by atoms with Crippen molar-refractivity contribution in [2.75, 3.05) is 0 Å². The van der Waals surface area contributed by atoms with Crippen molar-refractivity contribution in [3.8, 4) is 0 Å². The second-order valence-corrected chi connectivity index (χ2v) is 4.90. The highest BCUT2D eigenvalue weighted by atomic mass is 35.5. The van der Waals surface area contributed by atoms with Gasteiger partial charge in [0.25, 0.3) is 0 Å². The Morgan fingerprint density at radius 1 is 1.47 bits per heavy atom. The van der Waals surface area contributed by atoms with Crippen LogP contribution in [0.2, 0.25) is 5.02 Å². The number of hydrogen-bond acceptors (Lipinski definition) is 1. The predicted molar refractivity (Wildman–Crippen MR) is 65.2 cm³/mol. The third-order valence-electron chi connectivity index (χ3n) is 3.31. The van der Waals surface area contributed by atoms with E-state index in [4.69, 9.17) is 11.6 Å². The van der Waals surface area contributed by atoms with E-state index in [9.17, 15) is 0 Å². The van der Waals surface area contributed by atoms with Gasteiger partial charge in [-0.25, -0.2) is 0 Å². The first-order chi connectivity index (χ1) is 7.20. The van der Waals surface area contributed by atoms with Gasteiger partial charge in [-0.2, -0.15) is 0 Å². The monoisotopic (exact) mass is 223 g/mol. The number of nitrogens with one attached hydrogen (secondary N) is 1. The Morgan fingerprint density at radius 2 is 2.27 bits per heavy atom. The smallest absolute Gasteiger partial charge is 0.0408 e. The van der Waals surface area contributed by atoms with E-state index < -0.39 is 0 Å². The minimum Gasteiger partial charge on any atom is -0.310 e. The first-order valence-electron chi connectivity index (χ1n) is 5.69. The number of aryl methyl sites for hydroxylation is 1. The molecule has 1 nitrogen and oxygen atoms in total. The van der Waals surface area contributed by atoms with Gasteiger partial charge in [-0.3, -0.25) is 0 Å². The number of benzene rings is 1. The molecular weight excluding hydrogens is 206 g/mol. The fourth-order valence-corrected chi connectivity index (χ4v) is 2.27. The molecule has 0 radical (unpaired) electrons. The predicted octanol–water partition coefficient (Wildman–Crippen LogP) is 3.54. The Hall–Kier alpha value is -0.530. The van der Waals surface area contributed by atoms with Gasteiger partial charge in [0, 0.05) is 17.6 Å². The molecule has 0 amide bonds. The van der Waals surface area contributed by atoms with Gasteiger partial charge in [0.05, 0.1) is 0 Å². The highest BCUT2D eigenvalue weighted by Crippen LogP contribution is 2.33. The lowest BCUT2D eigenvalue weighted by Crippen LogP contribution is -2.18. The first-order valence-corrected chi connectivity index (χ1v) is 6.07. The second kappa shape index (κ2) is 4.54. The van der Waals surface area contributed by atoms with Crippen LogP contribution >= 0.6 is 11.6 Å². The number of hydrogen-bond donors (Lipinski definition) is 1. The zero-order valence-electron chi connectivity index (χ0n) is 9.39. The van der Waals surface area contributed by atoms with E-state index in [1.54, 1.807) is 0 Å². The molecule has 2 atom stereocenters. The van der Waals surface area contributed by atoms with Crippen molar-refractivity contribution < 1.29 is 0 Å². The van der Waals surface area contributed by atoms with Crippen LogP contribution in [0.4, 0.5) is 0 Å². The van der Waals surface area contributed by atoms with E-state index in [0.29, 0.717) is 0 Å². The Bertz CT molecular complexity index is 348. The van der Waals surface area contributed by atoms with Crippen LogP contribution in [0.25, 0.3) is 0 Å².